The lowest BCUT2D eigenvalue weighted by Crippen LogP contribution is -2.35. The highest BCUT2D eigenvalue weighted by molar-refractivity contribution is 9.10. The van der Waals surface area contributed by atoms with Gasteiger partial charge >= 0.3 is 0 Å². The molecule has 1 aromatic carbocycles. The molecule has 100 valence electrons. The summed E-state index contributed by atoms with van der Waals surface area (Å²) in [7, 11) is 0. The molecule has 0 aromatic heterocycles. The van der Waals surface area contributed by atoms with E-state index in [-0.39, 0.29) is 0 Å². The third-order valence-electron chi connectivity index (χ3n) is 3.74. The first-order valence-electron chi connectivity index (χ1n) is 6.87. The van der Waals surface area contributed by atoms with Crippen molar-refractivity contribution in [1.82, 2.24) is 5.32 Å². The second kappa shape index (κ2) is 7.15. The molecule has 0 heterocycles. The quantitative estimate of drug-likeness (QED) is 0.802. The second-order valence-electron chi connectivity index (χ2n) is 5.09. The van der Waals surface area contributed by atoms with Gasteiger partial charge in [-0.1, -0.05) is 34.8 Å². The molecule has 0 aliphatic heterocycles. The standard InChI is InChI=1S/C15H22BrNO/c1-12(13-5-2-3-6-13)17-9-10-18-15-8-4-7-14(16)11-15/h4,7-8,11-13,17H,2-3,5-6,9-10H2,1H3. The minimum Gasteiger partial charge on any atom is -0.492 e. The first-order chi connectivity index (χ1) is 8.75. The van der Waals surface area contributed by atoms with Crippen LogP contribution in [0, 0.1) is 5.92 Å². The fourth-order valence-corrected chi connectivity index (χ4v) is 3.01. The first kappa shape index (κ1) is 13.9. The Hall–Kier alpha value is -0.540. The molecule has 1 N–H and O–H groups in total. The highest BCUT2D eigenvalue weighted by Crippen LogP contribution is 2.27. The minimum atomic E-state index is 0.624. The molecule has 1 aliphatic rings. The van der Waals surface area contributed by atoms with Gasteiger partial charge in [0, 0.05) is 17.1 Å². The average Bonchev–Trinajstić information content (AvgIpc) is 2.88. The highest BCUT2D eigenvalue weighted by Gasteiger charge is 2.20. The summed E-state index contributed by atoms with van der Waals surface area (Å²) in [5.74, 6) is 1.80. The molecule has 18 heavy (non-hydrogen) atoms. The molecule has 1 aromatic rings. The Labute approximate surface area is 118 Å². The molecule has 1 atom stereocenters. The Morgan fingerprint density at radius 1 is 1.39 bits per heavy atom. The monoisotopic (exact) mass is 311 g/mol. The maximum absolute atomic E-state index is 5.71. The number of nitrogens with one attached hydrogen (secondary N) is 1. The molecule has 0 spiro atoms. The molecular weight excluding hydrogens is 290 g/mol. The lowest BCUT2D eigenvalue weighted by atomic mass is 10.00. The number of rotatable bonds is 6. The molecule has 0 amide bonds. The minimum absolute atomic E-state index is 0.624. The second-order valence-corrected chi connectivity index (χ2v) is 6.01. The fourth-order valence-electron chi connectivity index (χ4n) is 2.64. The van der Waals surface area contributed by atoms with E-state index >= 15 is 0 Å². The van der Waals surface area contributed by atoms with Gasteiger partial charge in [0.2, 0.25) is 0 Å². The molecular formula is C15H22BrNO. The molecule has 0 radical (unpaired) electrons. The van der Waals surface area contributed by atoms with Crippen molar-refractivity contribution in [3.63, 3.8) is 0 Å². The van der Waals surface area contributed by atoms with Crippen molar-refractivity contribution >= 4 is 15.9 Å². The van der Waals surface area contributed by atoms with Crippen LogP contribution in [0.15, 0.2) is 28.7 Å². The summed E-state index contributed by atoms with van der Waals surface area (Å²) in [6.07, 6.45) is 5.60. The summed E-state index contributed by atoms with van der Waals surface area (Å²) in [4.78, 5) is 0. The van der Waals surface area contributed by atoms with Gasteiger partial charge in [0.15, 0.2) is 0 Å². The van der Waals surface area contributed by atoms with Crippen LogP contribution in [-0.4, -0.2) is 19.2 Å². The largest absolute Gasteiger partial charge is 0.492 e. The molecule has 0 bridgehead atoms. The van der Waals surface area contributed by atoms with Gasteiger partial charge in [-0.3, -0.25) is 0 Å². The molecule has 2 nitrogen and oxygen atoms in total. The van der Waals surface area contributed by atoms with E-state index in [1.54, 1.807) is 0 Å². The zero-order chi connectivity index (χ0) is 12.8. The number of benzene rings is 1. The Bertz CT molecular complexity index is 363. The molecule has 1 aliphatic carbocycles. The van der Waals surface area contributed by atoms with Crippen LogP contribution in [0.5, 0.6) is 5.75 Å². The summed E-state index contributed by atoms with van der Waals surface area (Å²) in [6.45, 7) is 3.95. The van der Waals surface area contributed by atoms with Gasteiger partial charge in [0.05, 0.1) is 0 Å². The van der Waals surface area contributed by atoms with Gasteiger partial charge < -0.3 is 10.1 Å². The summed E-state index contributed by atoms with van der Waals surface area (Å²) >= 11 is 3.44. The fraction of sp³-hybridized carbons (Fsp3) is 0.600. The first-order valence-corrected chi connectivity index (χ1v) is 7.67. The van der Waals surface area contributed by atoms with E-state index in [1.165, 1.54) is 25.7 Å². The predicted octanol–water partition coefficient (Wildman–Crippen LogP) is 4.00. The smallest absolute Gasteiger partial charge is 0.120 e. The zero-order valence-electron chi connectivity index (χ0n) is 11.0. The van der Waals surface area contributed by atoms with E-state index in [2.05, 4.69) is 28.2 Å². The summed E-state index contributed by atoms with van der Waals surface area (Å²) in [6, 6.07) is 8.62. The SMILES string of the molecule is CC(NCCOc1cccc(Br)c1)C1CCCC1. The van der Waals surface area contributed by atoms with E-state index in [0.717, 1.165) is 29.3 Å². The average molecular weight is 312 g/mol. The van der Waals surface area contributed by atoms with Gasteiger partial charge in [-0.2, -0.15) is 0 Å². The molecule has 0 saturated heterocycles. The number of halogens is 1. The van der Waals surface area contributed by atoms with E-state index in [9.17, 15) is 0 Å². The van der Waals surface area contributed by atoms with Crippen LogP contribution in [0.25, 0.3) is 0 Å². The van der Waals surface area contributed by atoms with Crippen LogP contribution in [0.3, 0.4) is 0 Å². The van der Waals surface area contributed by atoms with Crippen molar-refractivity contribution < 1.29 is 4.74 Å². The zero-order valence-corrected chi connectivity index (χ0v) is 12.6. The van der Waals surface area contributed by atoms with Crippen LogP contribution in [-0.2, 0) is 0 Å². The van der Waals surface area contributed by atoms with Crippen LogP contribution in [0.4, 0.5) is 0 Å². The Morgan fingerprint density at radius 3 is 2.89 bits per heavy atom. The van der Waals surface area contributed by atoms with Gasteiger partial charge in [-0.05, 0) is 43.9 Å². The van der Waals surface area contributed by atoms with Crippen molar-refractivity contribution in [1.29, 1.82) is 0 Å². The third-order valence-corrected chi connectivity index (χ3v) is 4.23. The lowest BCUT2D eigenvalue weighted by Gasteiger charge is -2.20. The van der Waals surface area contributed by atoms with E-state index in [1.807, 2.05) is 24.3 Å². The molecule has 1 saturated carbocycles. The van der Waals surface area contributed by atoms with Crippen molar-refractivity contribution in [2.45, 2.75) is 38.6 Å². The van der Waals surface area contributed by atoms with Crippen molar-refractivity contribution in [3.8, 4) is 5.75 Å². The van der Waals surface area contributed by atoms with E-state index < -0.39 is 0 Å². The number of hydrogen-bond donors (Lipinski definition) is 1. The maximum Gasteiger partial charge on any atom is 0.120 e. The van der Waals surface area contributed by atoms with Gasteiger partial charge in [0.1, 0.15) is 12.4 Å². The van der Waals surface area contributed by atoms with Gasteiger partial charge in [-0.25, -0.2) is 0 Å². The van der Waals surface area contributed by atoms with Crippen LogP contribution in [0.2, 0.25) is 0 Å². The third kappa shape index (κ3) is 4.29. The van der Waals surface area contributed by atoms with Gasteiger partial charge in [0.25, 0.3) is 0 Å². The Kier molecular flexibility index (Phi) is 5.51. The summed E-state index contributed by atoms with van der Waals surface area (Å²) < 4.78 is 6.77. The van der Waals surface area contributed by atoms with E-state index in [0.29, 0.717) is 6.04 Å². The van der Waals surface area contributed by atoms with Crippen LogP contribution >= 0.6 is 15.9 Å². The predicted molar refractivity (Wildman–Crippen MR) is 79.1 cm³/mol. The number of ether oxygens (including phenoxy) is 1. The molecule has 3 heteroatoms. The normalized spacial score (nSPS) is 17.9. The topological polar surface area (TPSA) is 21.3 Å². The molecule has 1 unspecified atom stereocenters. The van der Waals surface area contributed by atoms with Crippen molar-refractivity contribution in [2.24, 2.45) is 5.92 Å². The Morgan fingerprint density at radius 2 is 2.17 bits per heavy atom. The number of hydrogen-bond acceptors (Lipinski definition) is 2. The van der Waals surface area contributed by atoms with Crippen molar-refractivity contribution in [2.75, 3.05) is 13.2 Å². The Balaban J connectivity index is 1.63. The van der Waals surface area contributed by atoms with E-state index in [4.69, 9.17) is 4.74 Å². The van der Waals surface area contributed by atoms with Crippen molar-refractivity contribution in [3.05, 3.63) is 28.7 Å². The summed E-state index contributed by atoms with van der Waals surface area (Å²) in [5, 5.41) is 3.57. The molecule has 2 rings (SSSR count). The maximum atomic E-state index is 5.71. The highest BCUT2D eigenvalue weighted by atomic mass is 79.9. The van der Waals surface area contributed by atoms with Gasteiger partial charge in [-0.15, -0.1) is 0 Å². The lowest BCUT2D eigenvalue weighted by molar-refractivity contribution is 0.290. The van der Waals surface area contributed by atoms with Crippen LogP contribution in [0.1, 0.15) is 32.6 Å². The molecule has 1 fully saturated rings. The summed E-state index contributed by atoms with van der Waals surface area (Å²) in [5.41, 5.74) is 0. The van der Waals surface area contributed by atoms with Crippen LogP contribution < -0.4 is 10.1 Å².